The second-order valence-electron chi connectivity index (χ2n) is 6.91. The Balaban J connectivity index is 1.50. The van der Waals surface area contributed by atoms with E-state index in [1.165, 1.54) is 11.8 Å². The van der Waals surface area contributed by atoms with Crippen molar-refractivity contribution in [2.24, 2.45) is 0 Å². The van der Waals surface area contributed by atoms with Crippen LogP contribution in [0.5, 0.6) is 0 Å². The molecule has 1 aliphatic rings. The molecule has 146 valence electrons. The second kappa shape index (κ2) is 8.18. The highest BCUT2D eigenvalue weighted by molar-refractivity contribution is 8.00. The van der Waals surface area contributed by atoms with Crippen molar-refractivity contribution < 1.29 is 4.79 Å². The lowest BCUT2D eigenvalue weighted by Crippen LogP contribution is -2.29. The molecule has 1 aromatic carbocycles. The second-order valence-corrected chi connectivity index (χ2v) is 9.90. The minimum atomic E-state index is -0.338. The third-order valence-corrected chi connectivity index (χ3v) is 7.60. The number of imidazole rings is 1. The third kappa shape index (κ3) is 4.17. The monoisotopic (exact) mass is 437 g/mol. The van der Waals surface area contributed by atoms with Crippen molar-refractivity contribution in [3.63, 3.8) is 0 Å². The number of H-pyrrole nitrogens is 1. The smallest absolute Gasteiger partial charge is 0.238 e. The predicted molar refractivity (Wildman–Crippen MR) is 121 cm³/mol. The maximum Gasteiger partial charge on any atom is 0.238 e. The van der Waals surface area contributed by atoms with Crippen LogP contribution in [0.15, 0.2) is 70.5 Å². The van der Waals surface area contributed by atoms with E-state index in [4.69, 9.17) is 4.98 Å². The van der Waals surface area contributed by atoms with Gasteiger partial charge in [-0.1, -0.05) is 54.2 Å². The van der Waals surface area contributed by atoms with E-state index in [1.54, 1.807) is 22.7 Å². The number of benzene rings is 1. The molecule has 1 amide bonds. The first-order chi connectivity index (χ1) is 14.3. The summed E-state index contributed by atoms with van der Waals surface area (Å²) in [6.45, 7) is 0. The number of nitrogens with one attached hydrogen (secondary N) is 2. The van der Waals surface area contributed by atoms with Gasteiger partial charge in [-0.25, -0.2) is 4.98 Å². The first-order valence-electron chi connectivity index (χ1n) is 9.47. The molecule has 29 heavy (non-hydrogen) atoms. The average Bonchev–Trinajstić information content (AvgIpc) is 3.17. The zero-order chi connectivity index (χ0) is 19.6. The summed E-state index contributed by atoms with van der Waals surface area (Å²) in [7, 11) is 0. The van der Waals surface area contributed by atoms with Crippen LogP contribution in [0.25, 0.3) is 21.1 Å². The molecule has 3 heterocycles. The van der Waals surface area contributed by atoms with Crippen LogP contribution < -0.4 is 5.32 Å². The molecule has 3 aromatic heterocycles. The van der Waals surface area contributed by atoms with E-state index in [2.05, 4.69) is 33.2 Å². The summed E-state index contributed by atoms with van der Waals surface area (Å²) >= 11 is 4.84. The molecular weight excluding hydrogens is 418 g/mol. The van der Waals surface area contributed by atoms with Gasteiger partial charge in [0.25, 0.3) is 0 Å². The number of hydrogen-bond donors (Lipinski definition) is 2. The van der Waals surface area contributed by atoms with Gasteiger partial charge in [0.15, 0.2) is 5.16 Å². The van der Waals surface area contributed by atoms with Gasteiger partial charge in [-0.15, -0.1) is 22.7 Å². The molecule has 5 rings (SSSR count). The molecule has 1 fully saturated rings. The van der Waals surface area contributed by atoms with E-state index in [1.807, 2.05) is 42.5 Å². The van der Waals surface area contributed by atoms with Gasteiger partial charge in [0, 0.05) is 6.04 Å². The first kappa shape index (κ1) is 18.7. The number of thiophene rings is 2. The van der Waals surface area contributed by atoms with Crippen LogP contribution in [0.1, 0.15) is 23.7 Å². The molecule has 0 saturated heterocycles. The van der Waals surface area contributed by atoms with Gasteiger partial charge < -0.3 is 10.3 Å². The minimum Gasteiger partial charge on any atom is -0.352 e. The summed E-state index contributed by atoms with van der Waals surface area (Å²) in [5, 5.41) is 7.70. The van der Waals surface area contributed by atoms with E-state index in [0.717, 1.165) is 44.7 Å². The summed E-state index contributed by atoms with van der Waals surface area (Å²) < 4.78 is 0. The molecule has 1 unspecified atom stereocenters. The molecule has 7 heteroatoms. The van der Waals surface area contributed by atoms with Crippen molar-refractivity contribution in [1.29, 1.82) is 0 Å². The first-order valence-corrected chi connectivity index (χ1v) is 12.1. The van der Waals surface area contributed by atoms with Crippen molar-refractivity contribution in [1.82, 2.24) is 15.3 Å². The number of amides is 1. The van der Waals surface area contributed by atoms with Crippen molar-refractivity contribution in [2.75, 3.05) is 0 Å². The van der Waals surface area contributed by atoms with E-state index in [9.17, 15) is 4.79 Å². The number of nitrogens with zero attached hydrogens (tertiary/aromatic N) is 1. The SMILES string of the molecule is O=C(NC1CC1)C(Sc1nc(-c2cccs2)c(-c2cccs2)[nH]1)c1ccccc1. The molecule has 1 aliphatic carbocycles. The highest BCUT2D eigenvalue weighted by atomic mass is 32.2. The summed E-state index contributed by atoms with van der Waals surface area (Å²) in [4.78, 5) is 23.6. The standard InChI is InChI=1S/C22H19N3OS3/c26-21(23-15-10-11-15)20(14-6-2-1-3-7-14)29-22-24-18(16-8-4-12-27-16)19(25-22)17-9-5-13-28-17/h1-9,12-13,15,20H,10-11H2,(H,23,26)(H,24,25). The summed E-state index contributed by atoms with van der Waals surface area (Å²) in [5.74, 6) is 0.0513. The Hall–Kier alpha value is -2.35. The van der Waals surface area contributed by atoms with E-state index in [0.29, 0.717) is 6.04 Å². The maximum atomic E-state index is 13.0. The molecule has 1 saturated carbocycles. The molecule has 0 radical (unpaired) electrons. The van der Waals surface area contributed by atoms with Crippen molar-refractivity contribution in [2.45, 2.75) is 29.3 Å². The van der Waals surface area contributed by atoms with Crippen LogP contribution in [0.3, 0.4) is 0 Å². The molecule has 0 spiro atoms. The fourth-order valence-corrected chi connectivity index (χ4v) is 5.56. The molecule has 4 nitrogen and oxygen atoms in total. The zero-order valence-corrected chi connectivity index (χ0v) is 17.9. The highest BCUT2D eigenvalue weighted by Crippen LogP contribution is 2.40. The Morgan fingerprint density at radius 3 is 2.41 bits per heavy atom. The third-order valence-electron chi connectivity index (χ3n) is 4.70. The lowest BCUT2D eigenvalue weighted by Gasteiger charge is -2.15. The van der Waals surface area contributed by atoms with E-state index < -0.39 is 0 Å². The summed E-state index contributed by atoms with van der Waals surface area (Å²) in [5.41, 5.74) is 2.95. The molecule has 0 aliphatic heterocycles. The van der Waals surface area contributed by atoms with Crippen LogP contribution in [-0.2, 0) is 4.79 Å². The number of carbonyl (C=O) groups is 1. The largest absolute Gasteiger partial charge is 0.352 e. The number of thioether (sulfide) groups is 1. The number of carbonyl (C=O) groups excluding carboxylic acids is 1. The van der Waals surface area contributed by atoms with E-state index >= 15 is 0 Å². The minimum absolute atomic E-state index is 0.0513. The van der Waals surface area contributed by atoms with Gasteiger partial charge in [-0.3, -0.25) is 4.79 Å². The Labute approximate surface area is 181 Å². The van der Waals surface area contributed by atoms with Crippen LogP contribution in [-0.4, -0.2) is 21.9 Å². The Morgan fingerprint density at radius 1 is 1.03 bits per heavy atom. The van der Waals surface area contributed by atoms with Gasteiger partial charge in [-0.05, 0) is 41.3 Å². The van der Waals surface area contributed by atoms with Gasteiger partial charge in [0.1, 0.15) is 10.9 Å². The average molecular weight is 438 g/mol. The topological polar surface area (TPSA) is 57.8 Å². The van der Waals surface area contributed by atoms with Crippen molar-refractivity contribution in [3.05, 3.63) is 70.9 Å². The quantitative estimate of drug-likeness (QED) is 0.350. The number of aromatic amines is 1. The number of rotatable bonds is 7. The number of hydrogen-bond acceptors (Lipinski definition) is 5. The summed E-state index contributed by atoms with van der Waals surface area (Å²) in [6.07, 6.45) is 2.15. The van der Waals surface area contributed by atoms with Gasteiger partial charge in [-0.2, -0.15) is 0 Å². The maximum absolute atomic E-state index is 13.0. The normalized spacial score (nSPS) is 14.6. The Kier molecular flexibility index (Phi) is 5.26. The predicted octanol–water partition coefficient (Wildman–Crippen LogP) is 5.98. The molecule has 4 aromatic rings. The lowest BCUT2D eigenvalue weighted by atomic mass is 10.1. The fraction of sp³-hybridized carbons (Fsp3) is 0.182. The lowest BCUT2D eigenvalue weighted by molar-refractivity contribution is -0.120. The van der Waals surface area contributed by atoms with Crippen LogP contribution >= 0.6 is 34.4 Å². The van der Waals surface area contributed by atoms with Gasteiger partial charge >= 0.3 is 0 Å². The molecular formula is C22H19N3OS3. The van der Waals surface area contributed by atoms with E-state index in [-0.39, 0.29) is 11.2 Å². The van der Waals surface area contributed by atoms with Crippen molar-refractivity contribution in [3.8, 4) is 21.1 Å². The van der Waals surface area contributed by atoms with Crippen molar-refractivity contribution >= 4 is 40.3 Å². The Bertz CT molecular complexity index is 1030. The number of aromatic nitrogens is 2. The highest BCUT2D eigenvalue weighted by Gasteiger charge is 2.30. The molecule has 1 atom stereocenters. The molecule has 2 N–H and O–H groups in total. The van der Waals surface area contributed by atoms with Crippen LogP contribution in [0, 0.1) is 0 Å². The fourth-order valence-electron chi connectivity index (χ4n) is 3.11. The van der Waals surface area contributed by atoms with Gasteiger partial charge in [0.05, 0.1) is 15.4 Å². The summed E-state index contributed by atoms with van der Waals surface area (Å²) in [6, 6.07) is 18.5. The van der Waals surface area contributed by atoms with Crippen LogP contribution in [0.2, 0.25) is 0 Å². The molecule has 0 bridgehead atoms. The zero-order valence-electron chi connectivity index (χ0n) is 15.5. The Morgan fingerprint density at radius 2 is 1.76 bits per heavy atom. The van der Waals surface area contributed by atoms with Gasteiger partial charge in [0.2, 0.25) is 5.91 Å². The van der Waals surface area contributed by atoms with Crippen LogP contribution in [0.4, 0.5) is 0 Å².